The van der Waals surface area contributed by atoms with Gasteiger partial charge in [0.25, 0.3) is 0 Å². The van der Waals surface area contributed by atoms with Gasteiger partial charge >= 0.3 is 5.97 Å². The minimum absolute atomic E-state index is 0.124. The fourth-order valence-electron chi connectivity index (χ4n) is 4.01. The normalized spacial score (nSPS) is 13.2. The van der Waals surface area contributed by atoms with Crippen molar-refractivity contribution in [3.05, 3.63) is 71.7 Å². The maximum atomic E-state index is 13.4. The average molecular weight is 561 g/mol. The molecule has 3 aromatic rings. The van der Waals surface area contributed by atoms with E-state index in [2.05, 4.69) is 17.5 Å². The Hall–Kier alpha value is -3.21. The number of carbonyl (C=O) groups excluding carboxylic acids is 2. The number of hydrogen-bond donors (Lipinski definition) is 1. The summed E-state index contributed by atoms with van der Waals surface area (Å²) in [5, 5.41) is 0. The topological polar surface area (TPSA) is 72.2 Å². The first-order valence-corrected chi connectivity index (χ1v) is 13.3. The predicted octanol–water partition coefficient (Wildman–Crippen LogP) is 5.48. The zero-order valence-corrected chi connectivity index (χ0v) is 23.1. The van der Waals surface area contributed by atoms with Crippen molar-refractivity contribution in [1.82, 2.24) is 9.80 Å². The molecular formula is C29H34F2N2O5S. The molecule has 2 aromatic carbocycles. The number of carbonyl (C=O) groups is 2. The highest BCUT2D eigenvalue weighted by Crippen LogP contribution is 2.30. The van der Waals surface area contributed by atoms with E-state index in [1.165, 1.54) is 25.9 Å². The molecule has 1 saturated heterocycles. The van der Waals surface area contributed by atoms with Gasteiger partial charge in [-0.3, -0.25) is 14.5 Å². The van der Waals surface area contributed by atoms with E-state index < -0.39 is 11.6 Å². The minimum atomic E-state index is -0.933. The van der Waals surface area contributed by atoms with Crippen molar-refractivity contribution in [3.63, 3.8) is 0 Å². The third kappa shape index (κ3) is 9.80. The Labute approximate surface area is 233 Å². The number of thiol groups is 1. The van der Waals surface area contributed by atoms with Crippen molar-refractivity contribution < 1.29 is 32.3 Å². The summed E-state index contributed by atoms with van der Waals surface area (Å²) in [5.41, 5.74) is 1.18. The van der Waals surface area contributed by atoms with Crippen LogP contribution in [0.15, 0.2) is 57.8 Å². The summed E-state index contributed by atoms with van der Waals surface area (Å²) >= 11 is 4.17. The number of furan rings is 1. The van der Waals surface area contributed by atoms with Gasteiger partial charge in [-0.15, -0.1) is 12.6 Å². The summed E-state index contributed by atoms with van der Waals surface area (Å²) in [7, 11) is 1.97. The molecule has 0 atom stereocenters. The Balaban J connectivity index is 0.000000242. The smallest absolute Gasteiger partial charge is 0.320 e. The number of esters is 1. The van der Waals surface area contributed by atoms with E-state index in [9.17, 15) is 18.4 Å². The summed E-state index contributed by atoms with van der Waals surface area (Å²) in [5.74, 6) is -0.640. The lowest BCUT2D eigenvalue weighted by Crippen LogP contribution is -2.34. The Morgan fingerprint density at radius 3 is 2.44 bits per heavy atom. The van der Waals surface area contributed by atoms with Crippen molar-refractivity contribution in [2.75, 3.05) is 46.4 Å². The Morgan fingerprint density at radius 2 is 1.79 bits per heavy atom. The highest BCUT2D eigenvalue weighted by molar-refractivity contribution is 7.80. The predicted molar refractivity (Wildman–Crippen MR) is 147 cm³/mol. The van der Waals surface area contributed by atoms with Gasteiger partial charge in [-0.2, -0.15) is 0 Å². The highest BCUT2D eigenvalue weighted by atomic mass is 32.1. The summed E-state index contributed by atoms with van der Waals surface area (Å²) in [4.78, 5) is 26.5. The summed E-state index contributed by atoms with van der Waals surface area (Å²) < 4.78 is 42.2. The van der Waals surface area contributed by atoms with E-state index in [0.29, 0.717) is 47.0 Å². The van der Waals surface area contributed by atoms with Crippen molar-refractivity contribution in [3.8, 4) is 16.9 Å². The molecule has 0 unspecified atom stereocenters. The molecule has 0 bridgehead atoms. The molecule has 0 N–H and O–H groups in total. The van der Waals surface area contributed by atoms with Crippen LogP contribution in [0, 0.1) is 11.6 Å². The van der Waals surface area contributed by atoms with E-state index >= 15 is 0 Å². The number of nitrogens with zero attached hydrogens (tertiary/aromatic N) is 2. The second-order valence-electron chi connectivity index (χ2n) is 9.11. The molecule has 39 heavy (non-hydrogen) atoms. The number of likely N-dealkylation sites (tertiary alicyclic amines) is 1. The first-order valence-electron chi connectivity index (χ1n) is 12.8. The van der Waals surface area contributed by atoms with Crippen LogP contribution in [0.1, 0.15) is 36.1 Å². The molecule has 0 spiro atoms. The van der Waals surface area contributed by atoms with Crippen molar-refractivity contribution in [2.45, 2.75) is 31.3 Å². The molecule has 0 radical (unpaired) electrons. The molecule has 1 aromatic heterocycles. The third-order valence-electron chi connectivity index (χ3n) is 6.08. The summed E-state index contributed by atoms with van der Waals surface area (Å²) in [6.07, 6.45) is 3.26. The van der Waals surface area contributed by atoms with Crippen LogP contribution in [-0.2, 0) is 16.1 Å². The van der Waals surface area contributed by atoms with Crippen molar-refractivity contribution in [1.29, 1.82) is 0 Å². The van der Waals surface area contributed by atoms with Gasteiger partial charge in [-0.05, 0) is 87.4 Å². The van der Waals surface area contributed by atoms with Gasteiger partial charge in [0, 0.05) is 18.0 Å². The number of halogens is 2. The molecule has 0 amide bonds. The van der Waals surface area contributed by atoms with Gasteiger partial charge in [0.2, 0.25) is 0 Å². The van der Waals surface area contributed by atoms with Gasteiger partial charge in [0.1, 0.15) is 18.1 Å². The lowest BCUT2D eigenvalue weighted by atomic mass is 10.1. The molecule has 2 heterocycles. The van der Waals surface area contributed by atoms with Crippen LogP contribution in [0.3, 0.4) is 0 Å². The zero-order valence-electron chi connectivity index (χ0n) is 22.2. The number of aldehydes is 1. The minimum Gasteiger partial charge on any atom is -0.486 e. The standard InChI is InChI=1S/C18H12F2O3S.C11H22N2O2/c19-16-7-15(18(24)8-17(16)20)11-1-3-12(4-2-11)22-10-14-6-5-13(9-21)23-14;1-3-15-11(14)10-12(2)8-9-13-6-4-5-7-13/h1-9,24H,10H2;3-10H2,1-2H3. The van der Waals surface area contributed by atoms with Crippen LogP contribution >= 0.6 is 12.6 Å². The third-order valence-corrected chi connectivity index (χ3v) is 6.45. The van der Waals surface area contributed by atoms with Crippen LogP contribution in [0.5, 0.6) is 5.75 Å². The monoisotopic (exact) mass is 560 g/mol. The summed E-state index contributed by atoms with van der Waals surface area (Å²) in [6.45, 7) is 7.33. The molecule has 10 heteroatoms. The summed E-state index contributed by atoms with van der Waals surface area (Å²) in [6, 6.07) is 12.2. The molecule has 7 nitrogen and oxygen atoms in total. The maximum absolute atomic E-state index is 13.4. The Kier molecular flexibility index (Phi) is 12.0. The number of ether oxygens (including phenoxy) is 2. The van der Waals surface area contributed by atoms with E-state index in [1.54, 1.807) is 36.4 Å². The Morgan fingerprint density at radius 1 is 1.10 bits per heavy atom. The van der Waals surface area contributed by atoms with Crippen LogP contribution in [0.25, 0.3) is 11.1 Å². The molecule has 0 saturated carbocycles. The van der Waals surface area contributed by atoms with Crippen LogP contribution < -0.4 is 4.74 Å². The molecular weight excluding hydrogens is 526 g/mol. The molecule has 4 rings (SSSR count). The van der Waals surface area contributed by atoms with Crippen molar-refractivity contribution in [2.24, 2.45) is 0 Å². The van der Waals surface area contributed by atoms with Gasteiger partial charge in [0.15, 0.2) is 23.7 Å². The lowest BCUT2D eigenvalue weighted by Gasteiger charge is -2.20. The molecule has 0 aliphatic carbocycles. The molecule has 1 fully saturated rings. The maximum Gasteiger partial charge on any atom is 0.320 e. The molecule has 1 aliphatic rings. The zero-order chi connectivity index (χ0) is 28.2. The van der Waals surface area contributed by atoms with Gasteiger partial charge in [0.05, 0.1) is 13.2 Å². The SMILES string of the molecule is CCOC(=O)CN(C)CCN1CCCC1.O=Cc1ccc(COc2ccc(-c3cc(F)c(F)cc3S)cc2)o1. The molecule has 1 aliphatic heterocycles. The van der Waals surface area contributed by atoms with Crippen LogP contribution in [-0.4, -0.2) is 68.4 Å². The number of hydrogen-bond acceptors (Lipinski definition) is 8. The second-order valence-corrected chi connectivity index (χ2v) is 9.59. The van der Waals surface area contributed by atoms with Gasteiger partial charge in [-0.1, -0.05) is 12.1 Å². The second kappa shape index (κ2) is 15.4. The molecule has 210 valence electrons. The quantitative estimate of drug-likeness (QED) is 0.189. The van der Waals surface area contributed by atoms with E-state index in [1.807, 2.05) is 18.9 Å². The fourth-order valence-corrected chi connectivity index (χ4v) is 4.32. The highest BCUT2D eigenvalue weighted by Gasteiger charge is 2.13. The number of benzene rings is 2. The first-order chi connectivity index (χ1) is 18.8. The van der Waals surface area contributed by atoms with Gasteiger partial charge in [-0.25, -0.2) is 8.78 Å². The number of likely N-dealkylation sites (N-methyl/N-ethyl adjacent to an activating group) is 1. The number of rotatable bonds is 11. The average Bonchev–Trinajstić information content (AvgIpc) is 3.61. The van der Waals surface area contributed by atoms with Gasteiger partial charge < -0.3 is 18.8 Å². The van der Waals surface area contributed by atoms with E-state index in [-0.39, 0.29) is 18.3 Å². The van der Waals surface area contributed by atoms with Crippen molar-refractivity contribution >= 4 is 24.9 Å². The first kappa shape index (κ1) is 30.3. The fraction of sp³-hybridized carbons (Fsp3) is 0.379. The van der Waals surface area contributed by atoms with Crippen LogP contribution in [0.2, 0.25) is 0 Å². The van der Waals surface area contributed by atoms with E-state index in [4.69, 9.17) is 13.9 Å². The lowest BCUT2D eigenvalue weighted by molar-refractivity contribution is -0.144. The largest absolute Gasteiger partial charge is 0.486 e. The Bertz CT molecular complexity index is 1210. The van der Waals surface area contributed by atoms with E-state index in [0.717, 1.165) is 25.2 Å². The van der Waals surface area contributed by atoms with Crippen LogP contribution in [0.4, 0.5) is 8.78 Å².